The molecule has 140 valence electrons. The number of hydrogen-bond donors (Lipinski definition) is 1. The molecule has 1 saturated carbocycles. The van der Waals surface area contributed by atoms with Crippen LogP contribution < -0.4 is 5.32 Å². The Morgan fingerprint density at radius 3 is 2.88 bits per heavy atom. The quantitative estimate of drug-likeness (QED) is 0.868. The topological polar surface area (TPSA) is 71.3 Å². The average molecular weight is 375 g/mol. The molecule has 4 rings (SSSR count). The molecule has 0 aromatic carbocycles. The van der Waals surface area contributed by atoms with Gasteiger partial charge in [-0.15, -0.1) is 11.3 Å². The first-order valence-electron chi connectivity index (χ1n) is 9.60. The first-order chi connectivity index (χ1) is 12.7. The Hall–Kier alpha value is -1.89. The number of likely N-dealkylation sites (tertiary alicyclic amines) is 1. The summed E-state index contributed by atoms with van der Waals surface area (Å²) in [5.41, 5.74) is 0. The third kappa shape index (κ3) is 3.77. The third-order valence-corrected chi connectivity index (χ3v) is 6.56. The fourth-order valence-electron chi connectivity index (χ4n) is 4.25. The Morgan fingerprint density at radius 2 is 2.19 bits per heavy atom. The van der Waals surface area contributed by atoms with Crippen molar-refractivity contribution < 1.29 is 9.32 Å². The zero-order valence-corrected chi connectivity index (χ0v) is 16.0. The number of urea groups is 1. The fraction of sp³-hybridized carbons (Fsp3) is 0.632. The monoisotopic (exact) mass is 374 g/mol. The van der Waals surface area contributed by atoms with Crippen LogP contribution >= 0.6 is 11.3 Å². The molecule has 0 spiro atoms. The summed E-state index contributed by atoms with van der Waals surface area (Å²) in [5, 5.41) is 9.33. The lowest BCUT2D eigenvalue weighted by Crippen LogP contribution is -2.47. The van der Waals surface area contributed by atoms with Gasteiger partial charge in [-0.1, -0.05) is 24.1 Å². The van der Waals surface area contributed by atoms with Crippen LogP contribution in [0.25, 0.3) is 0 Å². The van der Waals surface area contributed by atoms with E-state index in [0.717, 1.165) is 19.4 Å². The van der Waals surface area contributed by atoms with E-state index in [1.165, 1.54) is 30.6 Å². The van der Waals surface area contributed by atoms with Crippen molar-refractivity contribution in [1.82, 2.24) is 20.4 Å². The summed E-state index contributed by atoms with van der Waals surface area (Å²) in [4.78, 5) is 20.5. The minimum absolute atomic E-state index is 0.0382. The van der Waals surface area contributed by atoms with Crippen LogP contribution in [0.2, 0.25) is 0 Å². The second-order valence-corrected chi connectivity index (χ2v) is 8.43. The molecule has 2 unspecified atom stereocenters. The van der Waals surface area contributed by atoms with Gasteiger partial charge < -0.3 is 14.7 Å². The minimum atomic E-state index is 0.0382. The highest BCUT2D eigenvalue weighted by Gasteiger charge is 2.32. The van der Waals surface area contributed by atoms with Gasteiger partial charge in [-0.25, -0.2) is 4.79 Å². The largest absolute Gasteiger partial charge is 0.339 e. The summed E-state index contributed by atoms with van der Waals surface area (Å²) >= 11 is 1.74. The Morgan fingerprint density at radius 1 is 1.35 bits per heavy atom. The van der Waals surface area contributed by atoms with Crippen molar-refractivity contribution in [2.45, 2.75) is 57.4 Å². The molecule has 6 nitrogen and oxygen atoms in total. The highest BCUT2D eigenvalue weighted by atomic mass is 32.1. The standard InChI is InChI=1S/C19H26N4O2S/c1-13-20-18(25-22-13)15-8-4-10-23(12-15)19(24)21-17(14-6-2-3-7-14)16-9-5-11-26-16/h5,9,11,14-15,17H,2-4,6-8,10,12H2,1H3,(H,21,24). The van der Waals surface area contributed by atoms with E-state index in [-0.39, 0.29) is 18.0 Å². The Bertz CT molecular complexity index is 724. The van der Waals surface area contributed by atoms with Gasteiger partial charge in [0.1, 0.15) is 0 Å². The molecule has 2 aromatic heterocycles. The normalized spacial score (nSPS) is 22.5. The van der Waals surface area contributed by atoms with Crippen molar-refractivity contribution >= 4 is 17.4 Å². The lowest BCUT2D eigenvalue weighted by molar-refractivity contribution is 0.165. The maximum absolute atomic E-state index is 13.0. The van der Waals surface area contributed by atoms with Crippen molar-refractivity contribution in [2.75, 3.05) is 13.1 Å². The van der Waals surface area contributed by atoms with Crippen LogP contribution in [0.4, 0.5) is 4.79 Å². The smallest absolute Gasteiger partial charge is 0.317 e. The van der Waals surface area contributed by atoms with E-state index in [0.29, 0.717) is 24.2 Å². The zero-order valence-electron chi connectivity index (χ0n) is 15.2. The van der Waals surface area contributed by atoms with Gasteiger partial charge in [0.25, 0.3) is 0 Å². The second kappa shape index (κ2) is 7.78. The number of carbonyl (C=O) groups is 1. The van der Waals surface area contributed by atoms with E-state index in [1.54, 1.807) is 11.3 Å². The molecular formula is C19H26N4O2S. The third-order valence-electron chi connectivity index (χ3n) is 5.60. The molecule has 0 bridgehead atoms. The van der Waals surface area contributed by atoms with Crippen LogP contribution in [0, 0.1) is 12.8 Å². The summed E-state index contributed by atoms with van der Waals surface area (Å²) in [5.74, 6) is 2.00. The van der Waals surface area contributed by atoms with Gasteiger partial charge in [-0.2, -0.15) is 4.98 Å². The molecule has 7 heteroatoms. The van der Waals surface area contributed by atoms with Crippen LogP contribution in [0.3, 0.4) is 0 Å². The van der Waals surface area contributed by atoms with Crippen LogP contribution in [-0.2, 0) is 0 Å². The Balaban J connectivity index is 1.43. The number of aromatic nitrogens is 2. The highest BCUT2D eigenvalue weighted by molar-refractivity contribution is 7.10. The number of nitrogens with zero attached hydrogens (tertiary/aromatic N) is 3. The van der Waals surface area contributed by atoms with Gasteiger partial charge in [0, 0.05) is 18.0 Å². The molecule has 2 amide bonds. The summed E-state index contributed by atoms with van der Waals surface area (Å²) in [6, 6.07) is 4.39. The lowest BCUT2D eigenvalue weighted by atomic mass is 9.96. The minimum Gasteiger partial charge on any atom is -0.339 e. The van der Waals surface area contributed by atoms with Crippen molar-refractivity contribution in [2.24, 2.45) is 5.92 Å². The van der Waals surface area contributed by atoms with E-state index >= 15 is 0 Å². The van der Waals surface area contributed by atoms with Crippen LogP contribution in [-0.4, -0.2) is 34.2 Å². The zero-order chi connectivity index (χ0) is 17.9. The van der Waals surface area contributed by atoms with E-state index in [1.807, 2.05) is 11.8 Å². The molecule has 2 atom stereocenters. The number of hydrogen-bond acceptors (Lipinski definition) is 5. The molecule has 2 aromatic rings. The molecule has 1 aliphatic carbocycles. The first kappa shape index (κ1) is 17.5. The van der Waals surface area contributed by atoms with Gasteiger partial charge in [0.15, 0.2) is 5.82 Å². The molecule has 26 heavy (non-hydrogen) atoms. The maximum atomic E-state index is 13.0. The number of rotatable bonds is 4. The van der Waals surface area contributed by atoms with Crippen molar-refractivity contribution in [3.63, 3.8) is 0 Å². The first-order valence-corrected chi connectivity index (χ1v) is 10.5. The van der Waals surface area contributed by atoms with Crippen LogP contribution in [0.15, 0.2) is 22.0 Å². The Kier molecular flexibility index (Phi) is 5.24. The van der Waals surface area contributed by atoms with Gasteiger partial charge in [-0.05, 0) is 50.0 Å². The predicted octanol–water partition coefficient (Wildman–Crippen LogP) is 4.26. The number of aryl methyl sites for hydroxylation is 1. The molecule has 1 N–H and O–H groups in total. The summed E-state index contributed by atoms with van der Waals surface area (Å²) in [6.07, 6.45) is 6.89. The summed E-state index contributed by atoms with van der Waals surface area (Å²) < 4.78 is 5.34. The molecule has 3 heterocycles. The molecular weight excluding hydrogens is 348 g/mol. The predicted molar refractivity (Wildman–Crippen MR) is 100 cm³/mol. The fourth-order valence-corrected chi connectivity index (χ4v) is 5.12. The van der Waals surface area contributed by atoms with E-state index in [9.17, 15) is 4.79 Å². The van der Waals surface area contributed by atoms with Crippen LogP contribution in [0.5, 0.6) is 0 Å². The van der Waals surface area contributed by atoms with Gasteiger partial charge in [0.05, 0.1) is 12.0 Å². The van der Waals surface area contributed by atoms with Gasteiger partial charge in [0.2, 0.25) is 5.89 Å². The Labute approximate surface area is 158 Å². The van der Waals surface area contributed by atoms with E-state index in [2.05, 4.69) is 33.0 Å². The molecule has 2 aliphatic rings. The molecule has 1 aliphatic heterocycles. The van der Waals surface area contributed by atoms with Gasteiger partial charge >= 0.3 is 6.03 Å². The van der Waals surface area contributed by atoms with Crippen molar-refractivity contribution in [1.29, 1.82) is 0 Å². The van der Waals surface area contributed by atoms with Crippen molar-refractivity contribution in [3.05, 3.63) is 34.1 Å². The number of thiophene rings is 1. The number of carbonyl (C=O) groups excluding carboxylic acids is 1. The van der Waals surface area contributed by atoms with E-state index < -0.39 is 0 Å². The van der Waals surface area contributed by atoms with Crippen molar-refractivity contribution in [3.8, 4) is 0 Å². The molecule has 2 fully saturated rings. The lowest BCUT2D eigenvalue weighted by Gasteiger charge is -2.33. The second-order valence-electron chi connectivity index (χ2n) is 7.45. The number of amides is 2. The van der Waals surface area contributed by atoms with Gasteiger partial charge in [-0.3, -0.25) is 0 Å². The summed E-state index contributed by atoms with van der Waals surface area (Å²) in [7, 11) is 0. The average Bonchev–Trinajstić information content (AvgIpc) is 3.41. The summed E-state index contributed by atoms with van der Waals surface area (Å²) in [6.45, 7) is 3.26. The highest BCUT2D eigenvalue weighted by Crippen LogP contribution is 2.37. The maximum Gasteiger partial charge on any atom is 0.317 e. The SMILES string of the molecule is Cc1noc(C2CCCN(C(=O)NC(c3cccs3)C3CCCC3)C2)n1. The van der Waals surface area contributed by atoms with E-state index in [4.69, 9.17) is 4.52 Å². The number of nitrogens with one attached hydrogen (secondary N) is 1. The number of piperidine rings is 1. The van der Waals surface area contributed by atoms with Crippen LogP contribution in [0.1, 0.15) is 67.1 Å². The molecule has 0 radical (unpaired) electrons. The molecule has 1 saturated heterocycles.